The van der Waals surface area contributed by atoms with E-state index in [-0.39, 0.29) is 5.91 Å². The second kappa shape index (κ2) is 6.44. The van der Waals surface area contributed by atoms with Gasteiger partial charge in [0, 0.05) is 13.7 Å². The summed E-state index contributed by atoms with van der Waals surface area (Å²) in [4.78, 5) is 22.8. The van der Waals surface area contributed by atoms with E-state index in [0.29, 0.717) is 13.2 Å². The molecule has 0 aromatic carbocycles. The van der Waals surface area contributed by atoms with Crippen molar-refractivity contribution in [1.29, 1.82) is 0 Å². The molecule has 0 aliphatic heterocycles. The zero-order chi connectivity index (χ0) is 12.8. The van der Waals surface area contributed by atoms with Crippen molar-refractivity contribution in [3.05, 3.63) is 0 Å². The van der Waals surface area contributed by atoms with Crippen molar-refractivity contribution >= 4 is 11.8 Å². The Bertz CT molecular complexity index is 248. The quantitative estimate of drug-likeness (QED) is 0.514. The standard InChI is InChI=1S/C10H20N2O4/c1-7(8(13)11-5-6-16-4)12-9(14)10(2,3)15/h7,15H,5-6H2,1-4H3,(H,11,13)(H,12,14). The van der Waals surface area contributed by atoms with Gasteiger partial charge in [-0.2, -0.15) is 0 Å². The number of amides is 2. The van der Waals surface area contributed by atoms with Crippen LogP contribution in [0.25, 0.3) is 0 Å². The lowest BCUT2D eigenvalue weighted by atomic mass is 10.1. The minimum absolute atomic E-state index is 0.311. The number of ether oxygens (including phenoxy) is 1. The van der Waals surface area contributed by atoms with Crippen LogP contribution in [-0.2, 0) is 14.3 Å². The minimum atomic E-state index is -1.49. The summed E-state index contributed by atoms with van der Waals surface area (Å²) < 4.78 is 4.77. The van der Waals surface area contributed by atoms with Gasteiger partial charge >= 0.3 is 0 Å². The van der Waals surface area contributed by atoms with Crippen LogP contribution in [0, 0.1) is 0 Å². The number of rotatable bonds is 6. The van der Waals surface area contributed by atoms with E-state index in [1.54, 1.807) is 6.92 Å². The molecule has 0 aliphatic carbocycles. The SMILES string of the molecule is COCCNC(=O)C(C)NC(=O)C(C)(C)O. The van der Waals surface area contributed by atoms with Gasteiger partial charge in [0.25, 0.3) is 5.91 Å². The van der Waals surface area contributed by atoms with Gasteiger partial charge in [-0.25, -0.2) is 0 Å². The summed E-state index contributed by atoms with van der Waals surface area (Å²) in [5.41, 5.74) is -1.49. The molecule has 16 heavy (non-hydrogen) atoms. The fourth-order valence-electron chi connectivity index (χ4n) is 0.868. The first-order valence-electron chi connectivity index (χ1n) is 5.09. The Morgan fingerprint density at radius 2 is 2.00 bits per heavy atom. The van der Waals surface area contributed by atoms with E-state index in [1.807, 2.05) is 0 Å². The van der Waals surface area contributed by atoms with Gasteiger partial charge < -0.3 is 20.5 Å². The molecule has 2 amide bonds. The van der Waals surface area contributed by atoms with Gasteiger partial charge in [0.15, 0.2) is 0 Å². The van der Waals surface area contributed by atoms with Crippen molar-refractivity contribution in [2.45, 2.75) is 32.4 Å². The predicted octanol–water partition coefficient (Wildman–Crippen LogP) is -0.975. The van der Waals surface area contributed by atoms with Gasteiger partial charge in [0.05, 0.1) is 6.61 Å². The highest BCUT2D eigenvalue weighted by molar-refractivity contribution is 5.90. The topological polar surface area (TPSA) is 87.7 Å². The third-order valence-corrected chi connectivity index (χ3v) is 1.90. The van der Waals surface area contributed by atoms with Crippen LogP contribution in [0.5, 0.6) is 0 Å². The Morgan fingerprint density at radius 1 is 1.44 bits per heavy atom. The number of methoxy groups -OCH3 is 1. The summed E-state index contributed by atoms with van der Waals surface area (Å²) in [6.07, 6.45) is 0. The van der Waals surface area contributed by atoms with Crippen LogP contribution >= 0.6 is 0 Å². The first kappa shape index (κ1) is 14.9. The highest BCUT2D eigenvalue weighted by Crippen LogP contribution is 2.00. The maximum absolute atomic E-state index is 11.4. The van der Waals surface area contributed by atoms with Crippen molar-refractivity contribution in [2.24, 2.45) is 0 Å². The van der Waals surface area contributed by atoms with Crippen LogP contribution in [0.4, 0.5) is 0 Å². The average molecular weight is 232 g/mol. The average Bonchev–Trinajstić information content (AvgIpc) is 2.16. The molecule has 0 spiro atoms. The Morgan fingerprint density at radius 3 is 2.44 bits per heavy atom. The molecule has 94 valence electrons. The van der Waals surface area contributed by atoms with Crippen LogP contribution < -0.4 is 10.6 Å². The molecule has 0 rings (SSSR count). The molecule has 1 atom stereocenters. The summed E-state index contributed by atoms with van der Waals surface area (Å²) in [6.45, 7) is 5.07. The molecule has 0 aliphatic rings. The second-order valence-corrected chi connectivity index (χ2v) is 4.04. The van der Waals surface area contributed by atoms with Crippen molar-refractivity contribution in [3.63, 3.8) is 0 Å². The highest BCUT2D eigenvalue weighted by atomic mass is 16.5. The number of hydrogen-bond acceptors (Lipinski definition) is 4. The Labute approximate surface area is 95.4 Å². The van der Waals surface area contributed by atoms with E-state index in [9.17, 15) is 14.7 Å². The van der Waals surface area contributed by atoms with Crippen molar-refractivity contribution < 1.29 is 19.4 Å². The first-order valence-corrected chi connectivity index (χ1v) is 5.09. The van der Waals surface area contributed by atoms with Crippen LogP contribution in [-0.4, -0.2) is 48.8 Å². The van der Waals surface area contributed by atoms with Gasteiger partial charge in [-0.15, -0.1) is 0 Å². The summed E-state index contributed by atoms with van der Waals surface area (Å²) in [5, 5.41) is 14.4. The second-order valence-electron chi connectivity index (χ2n) is 4.04. The first-order chi connectivity index (χ1) is 7.29. The number of hydrogen-bond donors (Lipinski definition) is 3. The molecule has 0 bridgehead atoms. The van der Waals surface area contributed by atoms with Gasteiger partial charge in [-0.1, -0.05) is 0 Å². The number of carbonyl (C=O) groups excluding carboxylic acids is 2. The van der Waals surface area contributed by atoms with E-state index >= 15 is 0 Å². The van der Waals surface area contributed by atoms with E-state index < -0.39 is 17.6 Å². The van der Waals surface area contributed by atoms with E-state index in [1.165, 1.54) is 21.0 Å². The Hall–Kier alpha value is -1.14. The molecule has 0 saturated carbocycles. The summed E-state index contributed by atoms with van der Waals surface area (Å²) >= 11 is 0. The largest absolute Gasteiger partial charge is 0.383 e. The van der Waals surface area contributed by atoms with Crippen molar-refractivity contribution in [3.8, 4) is 0 Å². The molecule has 0 radical (unpaired) electrons. The zero-order valence-corrected chi connectivity index (χ0v) is 10.2. The number of aliphatic hydroxyl groups is 1. The lowest BCUT2D eigenvalue weighted by Gasteiger charge is -2.20. The molecule has 0 saturated heterocycles. The highest BCUT2D eigenvalue weighted by Gasteiger charge is 2.26. The summed E-state index contributed by atoms with van der Waals surface area (Å²) in [7, 11) is 1.53. The molecule has 0 aromatic heterocycles. The Kier molecular flexibility index (Phi) is 5.98. The maximum atomic E-state index is 11.4. The number of carbonyl (C=O) groups is 2. The minimum Gasteiger partial charge on any atom is -0.383 e. The summed E-state index contributed by atoms with van der Waals surface area (Å²) in [5.74, 6) is -0.892. The van der Waals surface area contributed by atoms with Crippen LogP contribution in [0.2, 0.25) is 0 Å². The third-order valence-electron chi connectivity index (χ3n) is 1.90. The van der Waals surface area contributed by atoms with Gasteiger partial charge in [0.2, 0.25) is 5.91 Å². The smallest absolute Gasteiger partial charge is 0.252 e. The van der Waals surface area contributed by atoms with Crippen molar-refractivity contribution in [2.75, 3.05) is 20.3 Å². The van der Waals surface area contributed by atoms with Crippen molar-refractivity contribution in [1.82, 2.24) is 10.6 Å². The van der Waals surface area contributed by atoms with Crippen LogP contribution in [0.3, 0.4) is 0 Å². The Balaban J connectivity index is 4.01. The third kappa shape index (κ3) is 5.67. The molecule has 1 unspecified atom stereocenters. The van der Waals surface area contributed by atoms with Crippen LogP contribution in [0.1, 0.15) is 20.8 Å². The number of nitrogens with one attached hydrogen (secondary N) is 2. The van der Waals surface area contributed by atoms with Crippen LogP contribution in [0.15, 0.2) is 0 Å². The molecule has 6 nitrogen and oxygen atoms in total. The van der Waals surface area contributed by atoms with E-state index in [4.69, 9.17) is 4.74 Å². The van der Waals surface area contributed by atoms with Gasteiger partial charge in [0.1, 0.15) is 11.6 Å². The van der Waals surface area contributed by atoms with Gasteiger partial charge in [-0.05, 0) is 20.8 Å². The fraction of sp³-hybridized carbons (Fsp3) is 0.800. The molecular formula is C10H20N2O4. The summed E-state index contributed by atoms with van der Waals surface area (Å²) in [6, 6.07) is -0.684. The zero-order valence-electron chi connectivity index (χ0n) is 10.2. The molecule has 0 fully saturated rings. The lowest BCUT2D eigenvalue weighted by Crippen LogP contribution is -2.51. The maximum Gasteiger partial charge on any atom is 0.252 e. The van der Waals surface area contributed by atoms with E-state index in [0.717, 1.165) is 0 Å². The van der Waals surface area contributed by atoms with Gasteiger partial charge in [-0.3, -0.25) is 9.59 Å². The fourth-order valence-corrected chi connectivity index (χ4v) is 0.868. The molecule has 6 heteroatoms. The molecule has 0 aromatic rings. The molecule has 0 heterocycles. The monoisotopic (exact) mass is 232 g/mol. The molecule has 3 N–H and O–H groups in total. The van der Waals surface area contributed by atoms with E-state index in [2.05, 4.69) is 10.6 Å². The molecular weight excluding hydrogens is 212 g/mol. The predicted molar refractivity (Wildman–Crippen MR) is 58.8 cm³/mol. The lowest BCUT2D eigenvalue weighted by molar-refractivity contribution is -0.139. The normalized spacial score (nSPS) is 13.1.